The minimum atomic E-state index is -0.946. The second-order valence-corrected chi connectivity index (χ2v) is 5.86. The maximum atomic E-state index is 11.4. The van der Waals surface area contributed by atoms with Crippen LogP contribution >= 0.6 is 0 Å². The third-order valence-corrected chi connectivity index (χ3v) is 3.91. The van der Waals surface area contributed by atoms with Crippen molar-refractivity contribution in [1.29, 1.82) is 0 Å². The number of benzene rings is 1. The van der Waals surface area contributed by atoms with E-state index in [1.165, 1.54) is 12.8 Å². The summed E-state index contributed by atoms with van der Waals surface area (Å²) in [6.07, 6.45) is 13.4. The van der Waals surface area contributed by atoms with E-state index in [2.05, 4.69) is 16.9 Å². The minimum absolute atomic E-state index is 0.261. The monoisotopic (exact) mass is 336 g/mol. The van der Waals surface area contributed by atoms with Gasteiger partial charge in [0.1, 0.15) is 0 Å². The first-order chi connectivity index (χ1) is 12.2. The molecule has 0 aliphatic rings. The van der Waals surface area contributed by atoms with Crippen LogP contribution < -0.4 is 0 Å². The molecule has 0 atom stereocenters. The van der Waals surface area contributed by atoms with E-state index < -0.39 is 5.97 Å². The maximum absolute atomic E-state index is 11.4. The molecule has 4 heteroatoms. The molecule has 2 rings (SSSR count). The molecule has 1 aromatic carbocycles. The second kappa shape index (κ2) is 9.52. The quantitative estimate of drug-likeness (QED) is 0.422. The van der Waals surface area contributed by atoms with E-state index in [-0.39, 0.29) is 5.57 Å². The Bertz CT molecular complexity index is 744. The van der Waals surface area contributed by atoms with E-state index in [4.69, 9.17) is 0 Å². The summed E-state index contributed by atoms with van der Waals surface area (Å²) < 4.78 is 0. The maximum Gasteiger partial charge on any atom is 0.336 e. The lowest BCUT2D eigenvalue weighted by Crippen LogP contribution is -1.99. The van der Waals surface area contributed by atoms with Crippen LogP contribution in [0.4, 0.5) is 0 Å². The number of hydrogen-bond donors (Lipinski definition) is 1. The van der Waals surface area contributed by atoms with Gasteiger partial charge in [0, 0.05) is 18.0 Å². The van der Waals surface area contributed by atoms with Gasteiger partial charge in [0.25, 0.3) is 0 Å². The van der Waals surface area contributed by atoms with Crippen molar-refractivity contribution in [2.24, 2.45) is 0 Å². The first-order valence-electron chi connectivity index (χ1n) is 8.63. The second-order valence-electron chi connectivity index (χ2n) is 5.86. The van der Waals surface area contributed by atoms with Crippen LogP contribution in [0.3, 0.4) is 0 Å². The molecule has 0 aliphatic heterocycles. The molecule has 0 saturated heterocycles. The summed E-state index contributed by atoms with van der Waals surface area (Å²) in [5, 5.41) is 9.33. The third kappa shape index (κ3) is 5.38. The van der Waals surface area contributed by atoms with Gasteiger partial charge >= 0.3 is 5.97 Å². The minimum Gasteiger partial charge on any atom is -0.478 e. The Kier molecular flexibility index (Phi) is 7.08. The zero-order chi connectivity index (χ0) is 18.1. The summed E-state index contributed by atoms with van der Waals surface area (Å²) in [5.74, 6) is -0.293. The van der Waals surface area contributed by atoms with E-state index in [1.54, 1.807) is 30.4 Å². The van der Waals surface area contributed by atoms with E-state index >= 15 is 0 Å². The van der Waals surface area contributed by atoms with Crippen molar-refractivity contribution >= 4 is 11.5 Å². The molecule has 0 saturated carbocycles. The Morgan fingerprint density at radius 1 is 1.12 bits per heavy atom. The van der Waals surface area contributed by atoms with Crippen LogP contribution in [0.15, 0.2) is 54.9 Å². The summed E-state index contributed by atoms with van der Waals surface area (Å²) in [4.78, 5) is 20.2. The number of aryl methyl sites for hydroxylation is 1. The van der Waals surface area contributed by atoms with Gasteiger partial charge in [0.05, 0.1) is 5.57 Å². The van der Waals surface area contributed by atoms with E-state index in [0.29, 0.717) is 11.4 Å². The molecule has 0 aliphatic carbocycles. The highest BCUT2D eigenvalue weighted by Crippen LogP contribution is 2.20. The number of unbranched alkanes of at least 4 members (excludes halogenated alkanes) is 2. The Balaban J connectivity index is 2.15. The summed E-state index contributed by atoms with van der Waals surface area (Å²) in [7, 11) is 0. The molecule has 1 N–H and O–H groups in total. The van der Waals surface area contributed by atoms with Gasteiger partial charge in [-0.1, -0.05) is 56.2 Å². The van der Waals surface area contributed by atoms with Crippen LogP contribution in [-0.4, -0.2) is 21.0 Å². The molecule has 0 fully saturated rings. The fraction of sp³-hybridized carbons (Fsp3) is 0.286. The zero-order valence-corrected chi connectivity index (χ0v) is 14.8. The lowest BCUT2D eigenvalue weighted by atomic mass is 10.0. The predicted octanol–water partition coefficient (Wildman–Crippen LogP) is 4.92. The molecule has 25 heavy (non-hydrogen) atoms. The molecule has 0 radical (unpaired) electrons. The smallest absolute Gasteiger partial charge is 0.336 e. The number of allylic oxidation sites excluding steroid dienone is 3. The van der Waals surface area contributed by atoms with Crippen LogP contribution in [0.1, 0.15) is 44.2 Å². The van der Waals surface area contributed by atoms with Gasteiger partial charge in [-0.25, -0.2) is 14.8 Å². The highest BCUT2D eigenvalue weighted by molar-refractivity contribution is 6.15. The Hall–Kier alpha value is -2.75. The molecular weight excluding hydrogens is 312 g/mol. The molecular formula is C21H24N2O2. The molecule has 1 aromatic heterocycles. The zero-order valence-electron chi connectivity index (χ0n) is 14.8. The van der Waals surface area contributed by atoms with Crippen LogP contribution in [0.2, 0.25) is 0 Å². The highest BCUT2D eigenvalue weighted by Gasteiger charge is 2.10. The SMILES string of the molecule is CC=CC=C(C(=O)O)c1ccc(-c2ncc(CCCCC)cn2)cc1. The van der Waals surface area contributed by atoms with Crippen molar-refractivity contribution in [3.8, 4) is 11.4 Å². The van der Waals surface area contributed by atoms with Crippen molar-refractivity contribution in [3.63, 3.8) is 0 Å². The number of carboxylic acid groups (broad SMARTS) is 1. The van der Waals surface area contributed by atoms with E-state index in [9.17, 15) is 9.90 Å². The van der Waals surface area contributed by atoms with E-state index in [0.717, 1.165) is 24.0 Å². The van der Waals surface area contributed by atoms with Crippen LogP contribution in [-0.2, 0) is 11.2 Å². The fourth-order valence-corrected chi connectivity index (χ4v) is 2.49. The molecule has 1 heterocycles. The van der Waals surface area contributed by atoms with Crippen molar-refractivity contribution in [3.05, 3.63) is 66.0 Å². The number of carboxylic acids is 1. The first kappa shape index (κ1) is 18.6. The molecule has 0 amide bonds. The molecule has 0 bridgehead atoms. The average Bonchev–Trinajstić information content (AvgIpc) is 2.63. The number of carbonyl (C=O) groups is 1. The fourth-order valence-electron chi connectivity index (χ4n) is 2.49. The van der Waals surface area contributed by atoms with E-state index in [1.807, 2.05) is 31.5 Å². The predicted molar refractivity (Wildman–Crippen MR) is 101 cm³/mol. The molecule has 4 nitrogen and oxygen atoms in total. The largest absolute Gasteiger partial charge is 0.478 e. The first-order valence-corrected chi connectivity index (χ1v) is 8.63. The number of aliphatic carboxylic acids is 1. The normalized spacial score (nSPS) is 11.8. The molecule has 2 aromatic rings. The number of rotatable bonds is 8. The average molecular weight is 336 g/mol. The van der Waals surface area contributed by atoms with Crippen LogP contribution in [0.5, 0.6) is 0 Å². The van der Waals surface area contributed by atoms with Gasteiger partial charge < -0.3 is 5.11 Å². The number of aromatic nitrogens is 2. The van der Waals surface area contributed by atoms with Gasteiger partial charge in [-0.2, -0.15) is 0 Å². The van der Waals surface area contributed by atoms with Crippen molar-refractivity contribution in [2.45, 2.75) is 39.5 Å². The van der Waals surface area contributed by atoms with Gasteiger partial charge in [-0.3, -0.25) is 0 Å². The Morgan fingerprint density at radius 2 is 1.80 bits per heavy atom. The molecule has 0 unspecified atom stereocenters. The Morgan fingerprint density at radius 3 is 2.36 bits per heavy atom. The molecule has 130 valence electrons. The standard InChI is InChI=1S/C21H24N2O2/c1-3-5-7-8-16-14-22-20(23-15-16)18-12-10-17(11-13-18)19(21(24)25)9-6-4-2/h4,6,9-15H,3,5,7-8H2,1-2H3,(H,24,25). The highest BCUT2D eigenvalue weighted by atomic mass is 16.4. The van der Waals surface area contributed by atoms with Gasteiger partial charge in [0.15, 0.2) is 5.82 Å². The topological polar surface area (TPSA) is 63.1 Å². The lowest BCUT2D eigenvalue weighted by Gasteiger charge is -2.05. The third-order valence-electron chi connectivity index (χ3n) is 3.91. The number of hydrogen-bond acceptors (Lipinski definition) is 3. The summed E-state index contributed by atoms with van der Waals surface area (Å²) in [5.41, 5.74) is 2.94. The number of nitrogens with zero attached hydrogens (tertiary/aromatic N) is 2. The summed E-state index contributed by atoms with van der Waals surface area (Å²) in [6, 6.07) is 7.29. The van der Waals surface area contributed by atoms with Crippen molar-refractivity contribution < 1.29 is 9.90 Å². The van der Waals surface area contributed by atoms with Crippen molar-refractivity contribution in [2.75, 3.05) is 0 Å². The summed E-state index contributed by atoms with van der Waals surface area (Å²) >= 11 is 0. The van der Waals surface area contributed by atoms with Crippen LogP contribution in [0, 0.1) is 0 Å². The Labute approximate surface area is 149 Å². The van der Waals surface area contributed by atoms with Crippen LogP contribution in [0.25, 0.3) is 17.0 Å². The summed E-state index contributed by atoms with van der Waals surface area (Å²) in [6.45, 7) is 4.04. The van der Waals surface area contributed by atoms with Gasteiger partial charge in [0.2, 0.25) is 0 Å². The molecule has 0 spiro atoms. The van der Waals surface area contributed by atoms with Gasteiger partial charge in [-0.05, 0) is 37.0 Å². The lowest BCUT2D eigenvalue weighted by molar-refractivity contribution is -0.130. The van der Waals surface area contributed by atoms with Crippen molar-refractivity contribution in [1.82, 2.24) is 9.97 Å². The van der Waals surface area contributed by atoms with Gasteiger partial charge in [-0.15, -0.1) is 0 Å².